The van der Waals surface area contributed by atoms with E-state index in [0.29, 0.717) is 5.96 Å². The zero-order valence-corrected chi connectivity index (χ0v) is 16.0. The lowest BCUT2D eigenvalue weighted by molar-refractivity contribution is 0.293. The number of anilines is 1. The summed E-state index contributed by atoms with van der Waals surface area (Å²) in [4.78, 5) is 12.8. The number of aliphatic imine (C=N–C) groups is 2. The third-order valence-electron chi connectivity index (χ3n) is 4.72. The lowest BCUT2D eigenvalue weighted by Gasteiger charge is -2.41. The maximum Gasteiger partial charge on any atom is 0.220 e. The largest absolute Gasteiger partial charge is 0.351 e. The van der Waals surface area contributed by atoms with E-state index in [1.807, 2.05) is 6.92 Å². The van der Waals surface area contributed by atoms with Crippen LogP contribution in [0.1, 0.15) is 37.1 Å². The molecule has 0 saturated carbocycles. The highest BCUT2D eigenvalue weighted by Gasteiger charge is 2.28. The fourth-order valence-electron chi connectivity index (χ4n) is 3.27. The molecule has 0 amide bonds. The van der Waals surface area contributed by atoms with Crippen LogP contribution in [-0.4, -0.2) is 66.7 Å². The topological polar surface area (TPSA) is 57.0 Å². The van der Waals surface area contributed by atoms with E-state index in [1.165, 1.54) is 17.3 Å². The molecule has 2 rings (SSSR count). The predicted molar refractivity (Wildman–Crippen MR) is 102 cm³/mol. The van der Waals surface area contributed by atoms with Crippen LogP contribution in [0, 0.1) is 13.8 Å². The Labute approximate surface area is 149 Å². The Hall–Kier alpha value is -2.05. The second kappa shape index (κ2) is 8.87. The van der Waals surface area contributed by atoms with Gasteiger partial charge in [0.15, 0.2) is 5.82 Å². The molecule has 138 valence electrons. The summed E-state index contributed by atoms with van der Waals surface area (Å²) in [5.41, 5.74) is 3.54. The van der Waals surface area contributed by atoms with Crippen LogP contribution in [0.15, 0.2) is 9.98 Å². The fourth-order valence-corrected chi connectivity index (χ4v) is 3.27. The van der Waals surface area contributed by atoms with Crippen molar-refractivity contribution in [3.05, 3.63) is 16.8 Å². The molecule has 1 aromatic rings. The Kier molecular flexibility index (Phi) is 6.84. The third kappa shape index (κ3) is 4.32. The molecule has 0 aromatic carbocycles. The molecule has 1 aliphatic rings. The summed E-state index contributed by atoms with van der Waals surface area (Å²) in [6.45, 7) is 10.3. The first-order valence-electron chi connectivity index (χ1n) is 8.93. The van der Waals surface area contributed by atoms with Crippen molar-refractivity contribution in [2.24, 2.45) is 9.98 Å². The summed E-state index contributed by atoms with van der Waals surface area (Å²) in [7, 11) is 1.69. The third-order valence-corrected chi connectivity index (χ3v) is 4.72. The predicted octanol–water partition coefficient (Wildman–Crippen LogP) is 2.58. The summed E-state index contributed by atoms with van der Waals surface area (Å²) in [6.07, 6.45) is 3.35. The zero-order valence-electron chi connectivity index (χ0n) is 16.0. The molecule has 7 heteroatoms. The van der Waals surface area contributed by atoms with Crippen LogP contribution in [0.25, 0.3) is 0 Å². The van der Waals surface area contributed by atoms with Crippen molar-refractivity contribution >= 4 is 18.0 Å². The molecule has 6 nitrogen and oxygen atoms in total. The molecule has 1 aromatic heterocycles. The smallest absolute Gasteiger partial charge is 0.220 e. The number of rotatable bonds is 4. The lowest BCUT2D eigenvalue weighted by atomic mass is 10.0. The molecule has 1 saturated heterocycles. The highest BCUT2D eigenvalue weighted by atomic mass is 19.1. The summed E-state index contributed by atoms with van der Waals surface area (Å²) < 4.78 is 12.4. The van der Waals surface area contributed by atoms with E-state index < -0.39 is 6.67 Å². The Morgan fingerprint density at radius 3 is 2.68 bits per heavy atom. The summed E-state index contributed by atoms with van der Waals surface area (Å²) >= 11 is 0. The SMILES string of the molecule is CCCc1c(N2CCN(C(N=CCF)=NC)[C@H](C)C2)nnc(C)c1C. The quantitative estimate of drug-likeness (QED) is 0.620. The first kappa shape index (κ1) is 19.3. The molecule has 1 fully saturated rings. The fraction of sp³-hybridized carbons (Fsp3) is 0.667. The molecule has 0 spiro atoms. The molecule has 0 N–H and O–H groups in total. The van der Waals surface area contributed by atoms with Gasteiger partial charge in [0, 0.05) is 44.5 Å². The lowest BCUT2D eigenvalue weighted by Crippen LogP contribution is -2.54. The van der Waals surface area contributed by atoms with E-state index >= 15 is 0 Å². The van der Waals surface area contributed by atoms with E-state index in [4.69, 9.17) is 0 Å². The van der Waals surface area contributed by atoms with E-state index in [1.54, 1.807) is 7.05 Å². The van der Waals surface area contributed by atoms with Crippen LogP contribution in [0.3, 0.4) is 0 Å². The van der Waals surface area contributed by atoms with Crippen molar-refractivity contribution in [1.29, 1.82) is 0 Å². The highest BCUT2D eigenvalue weighted by Crippen LogP contribution is 2.26. The van der Waals surface area contributed by atoms with Gasteiger partial charge in [0.1, 0.15) is 6.67 Å². The van der Waals surface area contributed by atoms with Crippen molar-refractivity contribution in [2.75, 3.05) is 38.3 Å². The molecule has 0 radical (unpaired) electrons. The molecule has 25 heavy (non-hydrogen) atoms. The van der Waals surface area contributed by atoms with Gasteiger partial charge in [0.05, 0.1) is 5.69 Å². The van der Waals surface area contributed by atoms with Crippen LogP contribution >= 0.6 is 0 Å². The van der Waals surface area contributed by atoms with Crippen LogP contribution in [-0.2, 0) is 6.42 Å². The molecule has 2 heterocycles. The van der Waals surface area contributed by atoms with Gasteiger partial charge in [-0.05, 0) is 32.8 Å². The van der Waals surface area contributed by atoms with Crippen molar-refractivity contribution in [1.82, 2.24) is 15.1 Å². The number of aromatic nitrogens is 2. The molecule has 1 aliphatic heterocycles. The van der Waals surface area contributed by atoms with Gasteiger partial charge in [-0.2, -0.15) is 5.10 Å². The van der Waals surface area contributed by atoms with Crippen LogP contribution in [0.2, 0.25) is 0 Å². The van der Waals surface area contributed by atoms with Crippen molar-refractivity contribution in [2.45, 2.75) is 46.6 Å². The molecule has 1 atom stereocenters. The van der Waals surface area contributed by atoms with Crippen LogP contribution in [0.5, 0.6) is 0 Å². The van der Waals surface area contributed by atoms with Gasteiger partial charge in [-0.1, -0.05) is 13.3 Å². The average Bonchev–Trinajstić information content (AvgIpc) is 2.61. The molecule has 0 unspecified atom stereocenters. The van der Waals surface area contributed by atoms with Crippen molar-refractivity contribution in [3.8, 4) is 0 Å². The van der Waals surface area contributed by atoms with Gasteiger partial charge in [0.25, 0.3) is 0 Å². The Morgan fingerprint density at radius 2 is 2.08 bits per heavy atom. The van der Waals surface area contributed by atoms with Gasteiger partial charge >= 0.3 is 0 Å². The van der Waals surface area contributed by atoms with Crippen LogP contribution < -0.4 is 4.90 Å². The van der Waals surface area contributed by atoms with Gasteiger partial charge in [-0.25, -0.2) is 9.38 Å². The number of alkyl halides is 1. The Balaban J connectivity index is 2.21. The number of hydrogen-bond donors (Lipinski definition) is 0. The number of hydrogen-bond acceptors (Lipinski definition) is 4. The number of halogens is 1. The number of nitrogens with zero attached hydrogens (tertiary/aromatic N) is 6. The second-order valence-electron chi connectivity index (χ2n) is 6.44. The van der Waals surface area contributed by atoms with E-state index in [-0.39, 0.29) is 6.04 Å². The van der Waals surface area contributed by atoms with Gasteiger partial charge < -0.3 is 9.80 Å². The van der Waals surface area contributed by atoms with E-state index in [9.17, 15) is 4.39 Å². The second-order valence-corrected chi connectivity index (χ2v) is 6.44. The average molecular weight is 348 g/mol. The Morgan fingerprint density at radius 1 is 1.32 bits per heavy atom. The summed E-state index contributed by atoms with van der Waals surface area (Å²) in [5, 5.41) is 8.84. The van der Waals surface area contributed by atoms with E-state index in [0.717, 1.165) is 44.0 Å². The number of guanidine groups is 1. The molecular weight excluding hydrogens is 319 g/mol. The van der Waals surface area contributed by atoms with Gasteiger partial charge in [0.2, 0.25) is 5.96 Å². The summed E-state index contributed by atoms with van der Waals surface area (Å²) in [6, 6.07) is 0.210. The monoisotopic (exact) mass is 348 g/mol. The maximum absolute atomic E-state index is 12.4. The van der Waals surface area contributed by atoms with Gasteiger partial charge in [-0.15, -0.1) is 5.10 Å². The minimum absolute atomic E-state index is 0.210. The first-order chi connectivity index (χ1) is 12.0. The first-order valence-corrected chi connectivity index (χ1v) is 8.93. The highest BCUT2D eigenvalue weighted by molar-refractivity contribution is 5.88. The number of aryl methyl sites for hydroxylation is 1. The van der Waals surface area contributed by atoms with Crippen LogP contribution in [0.4, 0.5) is 10.2 Å². The minimum atomic E-state index is -0.577. The normalized spacial score (nSPS) is 19.1. The zero-order chi connectivity index (χ0) is 18.4. The minimum Gasteiger partial charge on any atom is -0.351 e. The molecule has 0 aliphatic carbocycles. The maximum atomic E-state index is 12.4. The van der Waals surface area contributed by atoms with Crippen molar-refractivity contribution < 1.29 is 4.39 Å². The Bertz CT molecular complexity index is 643. The van der Waals surface area contributed by atoms with E-state index in [2.05, 4.69) is 50.8 Å². The van der Waals surface area contributed by atoms with Gasteiger partial charge in [-0.3, -0.25) is 4.99 Å². The standard InChI is InChI=1S/C18H29FN6/c1-6-7-16-14(3)15(4)22-23-17(16)24-10-11-25(13(2)12-24)18(20-5)21-9-8-19/h9,13H,6-8,10-12H2,1-5H3/t13-/m1/s1. The summed E-state index contributed by atoms with van der Waals surface area (Å²) in [5.74, 6) is 1.59. The molecular formula is C18H29FN6. The molecule has 0 bridgehead atoms. The number of piperazine rings is 1. The van der Waals surface area contributed by atoms with Crippen molar-refractivity contribution in [3.63, 3.8) is 0 Å².